The van der Waals surface area contributed by atoms with Gasteiger partial charge in [0.05, 0.1) is 12.3 Å². The zero-order valence-corrected chi connectivity index (χ0v) is 18.0. The Bertz CT molecular complexity index is 823. The molecule has 2 heterocycles. The second-order valence-electron chi connectivity index (χ2n) is 7.98. The number of benzene rings is 1. The topological polar surface area (TPSA) is 59.8 Å². The molecule has 3 rings (SSSR count). The van der Waals surface area contributed by atoms with Crippen LogP contribution in [-0.4, -0.2) is 48.9 Å². The zero-order valence-electron chi connectivity index (χ0n) is 18.0. The summed E-state index contributed by atoms with van der Waals surface area (Å²) in [6, 6.07) is 4.45. The van der Waals surface area contributed by atoms with Crippen molar-refractivity contribution in [1.82, 2.24) is 9.78 Å². The Kier molecular flexibility index (Phi) is 6.12. The molecule has 0 fully saturated rings. The fourth-order valence-corrected chi connectivity index (χ4v) is 4.69. The lowest BCUT2D eigenvalue weighted by Crippen LogP contribution is -2.36. The number of methoxy groups -OCH3 is 2. The first-order valence-corrected chi connectivity index (χ1v) is 9.94. The molecule has 0 saturated heterocycles. The largest absolute Gasteiger partial charge is 0.385 e. The number of ether oxygens (including phenoxy) is 2. The Morgan fingerprint density at radius 1 is 1.14 bits per heavy atom. The number of aryl methyl sites for hydroxylation is 4. The summed E-state index contributed by atoms with van der Waals surface area (Å²) in [5.74, 6) is 0.950. The fraction of sp³-hybridized carbons (Fsp3) is 0.591. The van der Waals surface area contributed by atoms with Crippen molar-refractivity contribution in [1.29, 1.82) is 0 Å². The molecule has 6 heteroatoms. The summed E-state index contributed by atoms with van der Waals surface area (Å²) in [6.07, 6.45) is 2.38. The van der Waals surface area contributed by atoms with Gasteiger partial charge in [-0.05, 0) is 44.7 Å². The van der Waals surface area contributed by atoms with Gasteiger partial charge in [-0.25, -0.2) is 0 Å². The van der Waals surface area contributed by atoms with E-state index < -0.39 is 5.60 Å². The van der Waals surface area contributed by atoms with E-state index in [1.807, 2.05) is 11.7 Å². The molecule has 1 unspecified atom stereocenters. The minimum atomic E-state index is -1.12. The average Bonchev–Trinajstić information content (AvgIpc) is 2.97. The van der Waals surface area contributed by atoms with Gasteiger partial charge in [0.1, 0.15) is 5.60 Å². The van der Waals surface area contributed by atoms with Gasteiger partial charge in [-0.1, -0.05) is 17.7 Å². The molecule has 2 aromatic rings. The maximum Gasteiger partial charge on any atom is 0.158 e. The Hall–Kier alpha value is -1.89. The van der Waals surface area contributed by atoms with E-state index in [1.165, 1.54) is 22.4 Å². The summed E-state index contributed by atoms with van der Waals surface area (Å²) in [4.78, 5) is 2.32. The third-order valence-electron chi connectivity index (χ3n) is 5.64. The first kappa shape index (κ1) is 20.8. The lowest BCUT2D eigenvalue weighted by molar-refractivity contribution is -0.0603. The van der Waals surface area contributed by atoms with Crippen molar-refractivity contribution in [3.8, 4) is 0 Å². The van der Waals surface area contributed by atoms with Crippen molar-refractivity contribution in [3.63, 3.8) is 0 Å². The number of nitrogens with zero attached hydrogens (tertiary/aromatic N) is 3. The van der Waals surface area contributed by atoms with Gasteiger partial charge in [-0.3, -0.25) is 4.68 Å². The minimum Gasteiger partial charge on any atom is -0.385 e. The van der Waals surface area contributed by atoms with Crippen LogP contribution in [0.4, 0.5) is 11.5 Å². The molecule has 0 spiro atoms. The molecule has 0 bridgehead atoms. The molecular weight excluding hydrogens is 354 g/mol. The number of hydrogen-bond acceptors (Lipinski definition) is 5. The SMILES string of the molecule is COCCC(O)(COC)c1c2c(nn1C)N(c1c(C)cc(C)cc1C)CCC2. The Labute approximate surface area is 168 Å². The van der Waals surface area contributed by atoms with E-state index in [1.54, 1.807) is 14.2 Å². The lowest BCUT2D eigenvalue weighted by Gasteiger charge is -2.33. The summed E-state index contributed by atoms with van der Waals surface area (Å²) < 4.78 is 12.4. The van der Waals surface area contributed by atoms with Gasteiger partial charge in [0.25, 0.3) is 0 Å². The molecule has 0 amide bonds. The van der Waals surface area contributed by atoms with Crippen molar-refractivity contribution in [3.05, 3.63) is 40.1 Å². The van der Waals surface area contributed by atoms with E-state index in [0.717, 1.165) is 36.5 Å². The standard InChI is InChI=1S/C22H33N3O3/c1-15-12-16(2)19(17(3)13-15)25-10-7-8-18-20(24(4)23-21(18)25)22(26,14-28-6)9-11-27-5/h12-13,26H,7-11,14H2,1-6H3. The van der Waals surface area contributed by atoms with Gasteiger partial charge in [0, 0.05) is 52.1 Å². The summed E-state index contributed by atoms with van der Waals surface area (Å²) in [6.45, 7) is 8.05. The molecule has 0 aliphatic carbocycles. The monoisotopic (exact) mass is 387 g/mol. The number of aliphatic hydroxyl groups is 1. The van der Waals surface area contributed by atoms with Crippen molar-refractivity contribution < 1.29 is 14.6 Å². The van der Waals surface area contributed by atoms with Crippen LogP contribution in [0.3, 0.4) is 0 Å². The third kappa shape index (κ3) is 3.69. The van der Waals surface area contributed by atoms with Crippen LogP contribution in [-0.2, 0) is 28.5 Å². The van der Waals surface area contributed by atoms with Crippen LogP contribution in [0.1, 0.15) is 40.8 Å². The molecule has 1 aliphatic rings. The zero-order chi connectivity index (χ0) is 20.5. The quantitative estimate of drug-likeness (QED) is 0.790. The number of anilines is 2. The first-order valence-electron chi connectivity index (χ1n) is 9.94. The smallest absolute Gasteiger partial charge is 0.158 e. The van der Waals surface area contributed by atoms with Crippen LogP contribution in [0, 0.1) is 20.8 Å². The second-order valence-corrected chi connectivity index (χ2v) is 7.98. The summed E-state index contributed by atoms with van der Waals surface area (Å²) in [7, 11) is 5.18. The fourth-order valence-electron chi connectivity index (χ4n) is 4.69. The van der Waals surface area contributed by atoms with Crippen LogP contribution in [0.15, 0.2) is 12.1 Å². The molecule has 1 aromatic heterocycles. The predicted molar refractivity (Wildman–Crippen MR) is 111 cm³/mol. The van der Waals surface area contributed by atoms with Gasteiger partial charge >= 0.3 is 0 Å². The number of rotatable bonds is 7. The first-order chi connectivity index (χ1) is 13.3. The number of aromatic nitrogens is 2. The molecule has 0 radical (unpaired) electrons. The Balaban J connectivity index is 2.11. The van der Waals surface area contributed by atoms with Crippen LogP contribution in [0.5, 0.6) is 0 Å². The van der Waals surface area contributed by atoms with E-state index in [2.05, 4.69) is 37.8 Å². The van der Waals surface area contributed by atoms with E-state index in [-0.39, 0.29) is 6.61 Å². The lowest BCUT2D eigenvalue weighted by atomic mass is 9.90. The van der Waals surface area contributed by atoms with Crippen molar-refractivity contribution in [2.75, 3.05) is 38.9 Å². The van der Waals surface area contributed by atoms with Crippen LogP contribution < -0.4 is 4.90 Å². The normalized spacial score (nSPS) is 16.2. The van der Waals surface area contributed by atoms with E-state index in [0.29, 0.717) is 13.0 Å². The van der Waals surface area contributed by atoms with E-state index >= 15 is 0 Å². The van der Waals surface area contributed by atoms with Gasteiger partial charge in [0.15, 0.2) is 5.82 Å². The maximum atomic E-state index is 11.5. The molecule has 0 saturated carbocycles. The van der Waals surface area contributed by atoms with Crippen LogP contribution in [0.2, 0.25) is 0 Å². The van der Waals surface area contributed by atoms with Crippen molar-refractivity contribution >= 4 is 11.5 Å². The molecule has 154 valence electrons. The van der Waals surface area contributed by atoms with Gasteiger partial charge in [-0.15, -0.1) is 0 Å². The number of hydrogen-bond donors (Lipinski definition) is 1. The Morgan fingerprint density at radius 3 is 2.43 bits per heavy atom. The average molecular weight is 388 g/mol. The van der Waals surface area contributed by atoms with E-state index in [4.69, 9.17) is 14.6 Å². The number of fused-ring (bicyclic) bond motifs is 1. The predicted octanol–water partition coefficient (Wildman–Crippen LogP) is 3.30. The van der Waals surface area contributed by atoms with Crippen molar-refractivity contribution in [2.45, 2.75) is 45.6 Å². The summed E-state index contributed by atoms with van der Waals surface area (Å²) in [5.41, 5.74) is 5.83. The highest BCUT2D eigenvalue weighted by Crippen LogP contribution is 2.41. The highest BCUT2D eigenvalue weighted by atomic mass is 16.5. The summed E-state index contributed by atoms with van der Waals surface area (Å²) in [5, 5.41) is 16.3. The molecule has 6 nitrogen and oxygen atoms in total. The molecule has 1 atom stereocenters. The third-order valence-corrected chi connectivity index (χ3v) is 5.64. The van der Waals surface area contributed by atoms with Crippen LogP contribution in [0.25, 0.3) is 0 Å². The van der Waals surface area contributed by atoms with Gasteiger partial charge in [-0.2, -0.15) is 5.10 Å². The molecule has 1 aliphatic heterocycles. The Morgan fingerprint density at radius 2 is 1.82 bits per heavy atom. The second kappa shape index (κ2) is 8.23. The molecule has 28 heavy (non-hydrogen) atoms. The van der Waals surface area contributed by atoms with Gasteiger partial charge < -0.3 is 19.5 Å². The molecular formula is C22H33N3O3. The van der Waals surface area contributed by atoms with Crippen LogP contribution >= 0.6 is 0 Å². The highest BCUT2D eigenvalue weighted by Gasteiger charge is 2.39. The van der Waals surface area contributed by atoms with Gasteiger partial charge in [0.2, 0.25) is 0 Å². The maximum absolute atomic E-state index is 11.5. The van der Waals surface area contributed by atoms with Crippen molar-refractivity contribution in [2.24, 2.45) is 7.05 Å². The minimum absolute atomic E-state index is 0.213. The summed E-state index contributed by atoms with van der Waals surface area (Å²) >= 11 is 0. The highest BCUT2D eigenvalue weighted by molar-refractivity contribution is 5.71. The van der Waals surface area contributed by atoms with E-state index in [9.17, 15) is 5.11 Å². The molecule has 1 aromatic carbocycles. The molecule has 1 N–H and O–H groups in total.